The van der Waals surface area contributed by atoms with E-state index in [9.17, 15) is 9.59 Å². The predicted molar refractivity (Wildman–Crippen MR) is 77.3 cm³/mol. The second-order valence-electron chi connectivity index (χ2n) is 4.46. The van der Waals surface area contributed by atoms with Crippen molar-refractivity contribution in [2.24, 2.45) is 0 Å². The first-order chi connectivity index (χ1) is 9.68. The van der Waals surface area contributed by atoms with Crippen LogP contribution in [0.1, 0.15) is 17.9 Å². The molecule has 0 saturated carbocycles. The van der Waals surface area contributed by atoms with Crippen molar-refractivity contribution in [3.63, 3.8) is 0 Å². The van der Waals surface area contributed by atoms with Crippen LogP contribution in [0.5, 0.6) is 5.75 Å². The number of rotatable bonds is 6. The molecule has 2 rings (SSSR count). The molecule has 1 aliphatic heterocycles. The van der Waals surface area contributed by atoms with Gasteiger partial charge < -0.3 is 15.2 Å². The van der Waals surface area contributed by atoms with Gasteiger partial charge in [0.05, 0.1) is 18.3 Å². The van der Waals surface area contributed by atoms with Crippen LogP contribution in [0.25, 0.3) is 0 Å². The number of fused-ring (bicyclic) bond motifs is 1. The molecule has 1 heterocycles. The van der Waals surface area contributed by atoms with Gasteiger partial charge in [-0.2, -0.15) is 0 Å². The third-order valence-electron chi connectivity index (χ3n) is 3.05. The first kappa shape index (κ1) is 14.7. The third kappa shape index (κ3) is 3.90. The summed E-state index contributed by atoms with van der Waals surface area (Å²) in [4.78, 5) is 22.5. The maximum atomic E-state index is 12.2. The number of thioether (sulfide) groups is 1. The van der Waals surface area contributed by atoms with E-state index in [1.807, 2.05) is 24.3 Å². The highest BCUT2D eigenvalue weighted by Crippen LogP contribution is 2.33. The Morgan fingerprint density at radius 3 is 3.00 bits per heavy atom. The lowest BCUT2D eigenvalue weighted by atomic mass is 9.92. The van der Waals surface area contributed by atoms with E-state index in [1.54, 1.807) is 0 Å². The van der Waals surface area contributed by atoms with Crippen LogP contribution in [0.4, 0.5) is 0 Å². The van der Waals surface area contributed by atoms with Crippen LogP contribution >= 0.6 is 11.8 Å². The molecule has 108 valence electrons. The minimum atomic E-state index is -0.834. The largest absolute Gasteiger partial charge is 0.493 e. The lowest BCUT2D eigenvalue weighted by molar-refractivity contribution is -0.133. The number of aliphatic carboxylic acids is 1. The van der Waals surface area contributed by atoms with Crippen molar-refractivity contribution >= 4 is 23.6 Å². The molecular formula is C14H17NO4S. The third-order valence-corrected chi connectivity index (χ3v) is 3.99. The Bertz CT molecular complexity index is 492. The molecule has 0 spiro atoms. The summed E-state index contributed by atoms with van der Waals surface area (Å²) in [7, 11) is 0. The molecular weight excluding hydrogens is 278 g/mol. The fourth-order valence-electron chi connectivity index (χ4n) is 2.14. The Morgan fingerprint density at radius 1 is 1.40 bits per heavy atom. The molecule has 0 aromatic heterocycles. The summed E-state index contributed by atoms with van der Waals surface area (Å²) >= 11 is 1.30. The summed E-state index contributed by atoms with van der Waals surface area (Å²) in [6.45, 7) is 1.03. The summed E-state index contributed by atoms with van der Waals surface area (Å²) < 4.78 is 5.52. The Morgan fingerprint density at radius 2 is 2.20 bits per heavy atom. The molecule has 5 nitrogen and oxygen atoms in total. The molecule has 0 aliphatic carbocycles. The van der Waals surface area contributed by atoms with E-state index in [0.29, 0.717) is 25.3 Å². The summed E-state index contributed by atoms with van der Waals surface area (Å²) in [6, 6.07) is 7.58. The van der Waals surface area contributed by atoms with E-state index >= 15 is 0 Å². The molecule has 1 aliphatic rings. The molecule has 1 aromatic rings. The summed E-state index contributed by atoms with van der Waals surface area (Å²) in [5.41, 5.74) is 0.925. The first-order valence-corrected chi connectivity index (χ1v) is 7.63. The molecule has 1 aromatic carbocycles. The molecule has 1 amide bonds. The standard InChI is InChI=1S/C14H17NO4S/c16-13(17)9-20-8-6-15-14(18)11-5-7-19-12-4-2-1-3-10(11)12/h1-4,11H,5-9H2,(H,15,18)(H,16,17). The van der Waals surface area contributed by atoms with Crippen LogP contribution in [-0.2, 0) is 9.59 Å². The van der Waals surface area contributed by atoms with Gasteiger partial charge in [0.2, 0.25) is 5.91 Å². The summed E-state index contributed by atoms with van der Waals surface area (Å²) in [5, 5.41) is 11.4. The molecule has 1 atom stereocenters. The zero-order valence-electron chi connectivity index (χ0n) is 11.0. The van der Waals surface area contributed by atoms with Crippen LogP contribution in [0.2, 0.25) is 0 Å². The van der Waals surface area contributed by atoms with Gasteiger partial charge in [0.1, 0.15) is 5.75 Å². The normalized spacial score (nSPS) is 16.9. The molecule has 0 bridgehead atoms. The Balaban J connectivity index is 1.83. The second kappa shape index (κ2) is 7.19. The van der Waals surface area contributed by atoms with Gasteiger partial charge >= 0.3 is 5.97 Å². The van der Waals surface area contributed by atoms with E-state index in [1.165, 1.54) is 11.8 Å². The number of para-hydroxylation sites is 1. The highest BCUT2D eigenvalue weighted by atomic mass is 32.2. The number of ether oxygens (including phenoxy) is 1. The van der Waals surface area contributed by atoms with Crippen LogP contribution in [0, 0.1) is 0 Å². The summed E-state index contributed by atoms with van der Waals surface area (Å²) in [6.07, 6.45) is 0.672. The van der Waals surface area contributed by atoms with Gasteiger partial charge in [-0.05, 0) is 12.5 Å². The monoisotopic (exact) mass is 295 g/mol. The molecule has 0 radical (unpaired) electrons. The highest BCUT2D eigenvalue weighted by Gasteiger charge is 2.26. The van der Waals surface area contributed by atoms with Crippen molar-refractivity contribution in [3.8, 4) is 5.75 Å². The zero-order chi connectivity index (χ0) is 14.4. The van der Waals surface area contributed by atoms with Crippen LogP contribution in [0.15, 0.2) is 24.3 Å². The number of amides is 1. The van der Waals surface area contributed by atoms with Gasteiger partial charge in [0, 0.05) is 17.9 Å². The van der Waals surface area contributed by atoms with Gasteiger partial charge in [-0.3, -0.25) is 9.59 Å². The lowest BCUT2D eigenvalue weighted by Gasteiger charge is -2.25. The Hall–Kier alpha value is -1.69. The van der Waals surface area contributed by atoms with E-state index in [4.69, 9.17) is 9.84 Å². The number of hydrogen-bond donors (Lipinski definition) is 2. The average Bonchev–Trinajstić information content (AvgIpc) is 2.45. The van der Waals surface area contributed by atoms with E-state index < -0.39 is 5.97 Å². The van der Waals surface area contributed by atoms with Gasteiger partial charge in [-0.25, -0.2) is 0 Å². The highest BCUT2D eigenvalue weighted by molar-refractivity contribution is 7.99. The molecule has 2 N–H and O–H groups in total. The SMILES string of the molecule is O=C(O)CSCCNC(=O)C1CCOc2ccccc21. The van der Waals surface area contributed by atoms with Crippen molar-refractivity contribution in [2.45, 2.75) is 12.3 Å². The maximum absolute atomic E-state index is 12.2. The van der Waals surface area contributed by atoms with Crippen molar-refractivity contribution < 1.29 is 19.4 Å². The fraction of sp³-hybridized carbons (Fsp3) is 0.429. The van der Waals surface area contributed by atoms with E-state index in [2.05, 4.69) is 5.32 Å². The lowest BCUT2D eigenvalue weighted by Crippen LogP contribution is -2.33. The number of benzene rings is 1. The summed E-state index contributed by atoms with van der Waals surface area (Å²) in [5.74, 6) is 0.415. The molecule has 0 fully saturated rings. The van der Waals surface area contributed by atoms with Crippen molar-refractivity contribution in [2.75, 3.05) is 24.7 Å². The quantitative estimate of drug-likeness (QED) is 0.778. The molecule has 6 heteroatoms. The molecule has 0 saturated heterocycles. The van der Waals surface area contributed by atoms with Crippen molar-refractivity contribution in [1.82, 2.24) is 5.32 Å². The van der Waals surface area contributed by atoms with Gasteiger partial charge in [0.15, 0.2) is 0 Å². The van der Waals surface area contributed by atoms with E-state index in [0.717, 1.165) is 11.3 Å². The average molecular weight is 295 g/mol. The predicted octanol–water partition coefficient (Wildman–Crippen LogP) is 1.49. The number of nitrogens with one attached hydrogen (secondary N) is 1. The zero-order valence-corrected chi connectivity index (χ0v) is 11.8. The van der Waals surface area contributed by atoms with E-state index in [-0.39, 0.29) is 17.6 Å². The first-order valence-electron chi connectivity index (χ1n) is 6.47. The smallest absolute Gasteiger partial charge is 0.313 e. The number of carbonyl (C=O) groups excluding carboxylic acids is 1. The van der Waals surface area contributed by atoms with Gasteiger partial charge in [0.25, 0.3) is 0 Å². The van der Waals surface area contributed by atoms with Crippen LogP contribution in [0.3, 0.4) is 0 Å². The second-order valence-corrected chi connectivity index (χ2v) is 5.57. The van der Waals surface area contributed by atoms with Crippen LogP contribution < -0.4 is 10.1 Å². The minimum absolute atomic E-state index is 0.0170. The number of hydrogen-bond acceptors (Lipinski definition) is 4. The number of carboxylic acid groups (broad SMARTS) is 1. The van der Waals surface area contributed by atoms with Crippen LogP contribution in [-0.4, -0.2) is 41.6 Å². The Labute approximate surface area is 121 Å². The minimum Gasteiger partial charge on any atom is -0.493 e. The molecule has 20 heavy (non-hydrogen) atoms. The van der Waals surface area contributed by atoms with Crippen molar-refractivity contribution in [3.05, 3.63) is 29.8 Å². The van der Waals surface area contributed by atoms with Gasteiger partial charge in [-0.1, -0.05) is 18.2 Å². The number of carboxylic acids is 1. The fourth-order valence-corrected chi connectivity index (χ4v) is 2.71. The molecule has 1 unspecified atom stereocenters. The van der Waals surface area contributed by atoms with Gasteiger partial charge in [-0.15, -0.1) is 11.8 Å². The Kier molecular flexibility index (Phi) is 5.29. The van der Waals surface area contributed by atoms with Crippen molar-refractivity contribution in [1.29, 1.82) is 0 Å². The maximum Gasteiger partial charge on any atom is 0.313 e. The number of carbonyl (C=O) groups is 2. The topological polar surface area (TPSA) is 75.6 Å².